The van der Waals surface area contributed by atoms with Gasteiger partial charge >= 0.3 is 6.36 Å². The van der Waals surface area contributed by atoms with Crippen LogP contribution in [0.3, 0.4) is 0 Å². The summed E-state index contributed by atoms with van der Waals surface area (Å²) in [4.78, 5) is 49.3. The van der Waals surface area contributed by atoms with E-state index in [-0.39, 0.29) is 18.5 Å². The number of imide groups is 2. The third-order valence-corrected chi connectivity index (χ3v) is 10.6. The van der Waals surface area contributed by atoms with E-state index < -0.39 is 127 Å². The molecule has 2 aliphatic carbocycles. The topological polar surface area (TPSA) is 104 Å². The summed E-state index contributed by atoms with van der Waals surface area (Å²) < 4.78 is 116. The molecule has 2 aromatic carbocycles. The number of rotatable bonds is 4. The van der Waals surface area contributed by atoms with Crippen molar-refractivity contribution in [1.29, 1.82) is 0 Å². The molecule has 0 bridgehead atoms. The van der Waals surface area contributed by atoms with Gasteiger partial charge in [-0.25, -0.2) is 26.9 Å². The zero-order chi connectivity index (χ0) is 34.7. The average Bonchev–Trinajstić information content (AvgIpc) is 3.33. The molecule has 8 nitrogen and oxygen atoms in total. The Kier molecular flexibility index (Phi) is 7.40. The fraction of sp³-hybridized carbons (Fsp3) is 0.379. The number of halogens is 10. The minimum atomic E-state index is -5.27. The molecule has 2 saturated heterocycles. The van der Waals surface area contributed by atoms with Gasteiger partial charge in [0.25, 0.3) is 11.8 Å². The van der Waals surface area contributed by atoms with Crippen LogP contribution >= 0.6 is 23.2 Å². The van der Waals surface area contributed by atoms with Crippen LogP contribution in [0.1, 0.15) is 31.2 Å². The molecule has 18 heteroatoms. The maximum atomic E-state index is 15.1. The summed E-state index contributed by atoms with van der Waals surface area (Å²) in [6.07, 6.45) is -4.93. The van der Waals surface area contributed by atoms with Gasteiger partial charge < -0.3 is 9.84 Å². The Morgan fingerprint density at radius 2 is 1.51 bits per heavy atom. The lowest BCUT2D eigenvalue weighted by atomic mass is 9.56. The maximum absolute atomic E-state index is 15.1. The highest BCUT2D eigenvalue weighted by atomic mass is 35.5. The van der Waals surface area contributed by atoms with Crippen molar-refractivity contribution in [2.75, 3.05) is 11.4 Å². The number of amides is 4. The van der Waals surface area contributed by atoms with Crippen LogP contribution in [-0.4, -0.2) is 56.3 Å². The molecule has 1 saturated carbocycles. The first-order valence-electron chi connectivity index (χ1n) is 13.7. The first-order chi connectivity index (χ1) is 21.8. The van der Waals surface area contributed by atoms with Gasteiger partial charge in [0, 0.05) is 18.0 Å². The number of benzene rings is 2. The first kappa shape index (κ1) is 33.0. The minimum absolute atomic E-state index is 0.0588. The number of anilines is 1. The second-order valence-electron chi connectivity index (χ2n) is 11.4. The van der Waals surface area contributed by atoms with Gasteiger partial charge in [-0.2, -0.15) is 0 Å². The van der Waals surface area contributed by atoms with Crippen molar-refractivity contribution >= 4 is 52.5 Å². The number of hydrogen-bond acceptors (Lipinski definition) is 6. The Morgan fingerprint density at radius 1 is 0.915 bits per heavy atom. The van der Waals surface area contributed by atoms with E-state index in [1.54, 1.807) is 0 Å². The number of likely N-dealkylation sites (tertiary alicyclic amines) is 1. The predicted octanol–water partition coefficient (Wildman–Crippen LogP) is 5.57. The smallest absolute Gasteiger partial charge is 0.508 e. The lowest BCUT2D eigenvalue weighted by Gasteiger charge is -2.50. The Balaban J connectivity index is 1.62. The first-order valence-corrected chi connectivity index (χ1v) is 14.5. The molecule has 1 N–H and O–H groups in total. The maximum Gasteiger partial charge on any atom is 0.573 e. The van der Waals surface area contributed by atoms with Crippen LogP contribution in [0.15, 0.2) is 29.8 Å². The van der Waals surface area contributed by atoms with Crippen LogP contribution < -0.4 is 9.64 Å². The predicted molar refractivity (Wildman–Crippen MR) is 144 cm³/mol. The van der Waals surface area contributed by atoms with Crippen molar-refractivity contribution in [3.05, 3.63) is 64.5 Å². The number of fused-ring (bicyclic) bond motifs is 4. The summed E-state index contributed by atoms with van der Waals surface area (Å²) in [5.41, 5.74) is -2.72. The molecule has 2 aliphatic heterocycles. The Labute approximate surface area is 268 Å². The van der Waals surface area contributed by atoms with Crippen molar-refractivity contribution in [2.45, 2.75) is 41.8 Å². The van der Waals surface area contributed by atoms with Crippen molar-refractivity contribution in [3.8, 4) is 11.5 Å². The molecule has 0 unspecified atom stereocenters. The van der Waals surface area contributed by atoms with Gasteiger partial charge in [-0.15, -0.1) is 36.4 Å². The molecule has 6 atom stereocenters. The van der Waals surface area contributed by atoms with Crippen molar-refractivity contribution in [3.63, 3.8) is 0 Å². The number of hydrogen-bond donors (Lipinski definition) is 1. The Morgan fingerprint density at radius 3 is 2.09 bits per heavy atom. The molecule has 0 radical (unpaired) electrons. The zero-order valence-electron chi connectivity index (χ0n) is 23.4. The number of phenols is 1. The van der Waals surface area contributed by atoms with E-state index in [2.05, 4.69) is 4.74 Å². The lowest BCUT2D eigenvalue weighted by molar-refractivity contribution is -0.274. The summed E-state index contributed by atoms with van der Waals surface area (Å²) in [6, 6.07) is 2.01. The van der Waals surface area contributed by atoms with Gasteiger partial charge in [-0.1, -0.05) is 11.6 Å². The molecule has 2 heterocycles. The van der Waals surface area contributed by atoms with Crippen molar-refractivity contribution in [1.82, 2.24) is 4.90 Å². The van der Waals surface area contributed by atoms with E-state index in [0.29, 0.717) is 18.2 Å². The standard InChI is InChI=1S/C29H18Cl2F8N2O6/c1-2-40-23(43)11-5-4-10-13(15(11)24(40)44)8-27(30)25(45)41(22-20(35)18(33)17(32)19(34)21(22)36)26(46)28(27,31)16(10)12-7-9(3-6-14(12)42)47-29(37,38)39/h3-4,6-7,11,13,15-16,42H,2,5,8H2,1H3/t11-,13+,15-,16+,27+,28-/m0/s1. The molecule has 4 aliphatic rings. The second kappa shape index (κ2) is 10.5. The average molecular weight is 713 g/mol. The number of ether oxygens (including phenoxy) is 1. The largest absolute Gasteiger partial charge is 0.573 e. The molecule has 250 valence electrons. The summed E-state index contributed by atoms with van der Waals surface area (Å²) in [6.45, 7) is 1.44. The molecular formula is C29H18Cl2F8N2O6. The number of carbonyl (C=O) groups excluding carboxylic acids is 4. The van der Waals surface area contributed by atoms with Crippen molar-refractivity contribution in [2.24, 2.45) is 17.8 Å². The van der Waals surface area contributed by atoms with E-state index in [0.717, 1.165) is 4.90 Å². The van der Waals surface area contributed by atoms with Crippen molar-refractivity contribution < 1.29 is 64.1 Å². The van der Waals surface area contributed by atoms with Gasteiger partial charge in [0.05, 0.1) is 11.8 Å². The van der Waals surface area contributed by atoms with E-state index in [9.17, 15) is 50.6 Å². The molecule has 3 fully saturated rings. The number of carbonyl (C=O) groups is 4. The number of phenolic OH excluding ortho intramolecular Hbond substituents is 1. The van der Waals surface area contributed by atoms with Gasteiger partial charge in [0.1, 0.15) is 17.2 Å². The second-order valence-corrected chi connectivity index (χ2v) is 12.6. The van der Waals surface area contributed by atoms with E-state index >= 15 is 8.78 Å². The van der Waals surface area contributed by atoms with Gasteiger partial charge in [0.2, 0.25) is 17.6 Å². The van der Waals surface area contributed by atoms with E-state index in [4.69, 9.17) is 23.2 Å². The molecule has 6 rings (SSSR count). The highest BCUT2D eigenvalue weighted by Gasteiger charge is 2.77. The molecule has 47 heavy (non-hydrogen) atoms. The third kappa shape index (κ3) is 4.32. The molecule has 0 aromatic heterocycles. The van der Waals surface area contributed by atoms with E-state index in [1.165, 1.54) is 13.0 Å². The monoisotopic (exact) mass is 712 g/mol. The molecule has 0 spiro atoms. The number of alkyl halides is 5. The van der Waals surface area contributed by atoms with Crippen LogP contribution in [0.2, 0.25) is 0 Å². The van der Waals surface area contributed by atoms with E-state index in [1.807, 2.05) is 0 Å². The number of aromatic hydroxyl groups is 1. The summed E-state index contributed by atoms with van der Waals surface area (Å²) >= 11 is 13.8. The quantitative estimate of drug-likeness (QED) is 0.111. The highest BCUT2D eigenvalue weighted by Crippen LogP contribution is 2.66. The lowest BCUT2D eigenvalue weighted by Crippen LogP contribution is -2.60. The SMILES string of the molecule is CCN1C(=O)[C@H]2[C@H](CC=C3[C@H]2C[C@@]2(Cl)C(=O)N(c4c(F)c(F)c(F)c(F)c4F)C(=O)[C@@]2(Cl)[C@H]3c2cc(OC(F)(F)F)ccc2O)C1=O. The van der Waals surface area contributed by atoms with Crippen LogP contribution in [0.25, 0.3) is 0 Å². The van der Waals surface area contributed by atoms with Crippen LogP contribution in [-0.2, 0) is 19.2 Å². The highest BCUT2D eigenvalue weighted by molar-refractivity contribution is 6.58. The molecule has 2 aromatic rings. The fourth-order valence-corrected chi connectivity index (χ4v) is 8.18. The summed E-state index contributed by atoms with van der Waals surface area (Å²) in [5, 5.41) is 10.9. The Hall–Kier alpha value is -3.92. The number of nitrogens with zero attached hydrogens (tertiary/aromatic N) is 2. The van der Waals surface area contributed by atoms with Crippen LogP contribution in [0, 0.1) is 46.8 Å². The molecule has 4 amide bonds. The molecular weight excluding hydrogens is 695 g/mol. The van der Waals surface area contributed by atoms with Gasteiger partial charge in [0.15, 0.2) is 33.0 Å². The van der Waals surface area contributed by atoms with Crippen LogP contribution in [0.4, 0.5) is 40.8 Å². The van der Waals surface area contributed by atoms with Gasteiger partial charge in [-0.3, -0.25) is 24.1 Å². The normalized spacial score (nSPS) is 30.4. The fourth-order valence-electron chi connectivity index (χ4n) is 7.25. The Bertz CT molecular complexity index is 1810. The zero-order valence-corrected chi connectivity index (χ0v) is 24.9. The summed E-state index contributed by atoms with van der Waals surface area (Å²) in [5.74, 6) is -25.2. The minimum Gasteiger partial charge on any atom is -0.508 e. The van der Waals surface area contributed by atoms with Crippen LogP contribution in [0.5, 0.6) is 11.5 Å². The third-order valence-electron chi connectivity index (χ3n) is 9.17. The van der Waals surface area contributed by atoms with Gasteiger partial charge in [-0.05, 0) is 43.9 Å². The summed E-state index contributed by atoms with van der Waals surface area (Å²) in [7, 11) is 0. The number of allylic oxidation sites excluding steroid dienone is 2.